The molecule has 0 atom stereocenters. The van der Waals surface area contributed by atoms with Crippen molar-refractivity contribution >= 4 is 50.0 Å². The highest BCUT2D eigenvalue weighted by molar-refractivity contribution is 7.20. The molecule has 0 spiro atoms. The van der Waals surface area contributed by atoms with Crippen molar-refractivity contribution in [2.75, 3.05) is 44.3 Å². The van der Waals surface area contributed by atoms with Crippen molar-refractivity contribution in [2.45, 2.75) is 39.0 Å². The summed E-state index contributed by atoms with van der Waals surface area (Å²) in [5, 5.41) is 8.24. The third-order valence-corrected chi connectivity index (χ3v) is 8.80. The number of ether oxygens (including phenoxy) is 1. The Morgan fingerprint density at radius 3 is 2.79 bits per heavy atom. The van der Waals surface area contributed by atoms with Crippen molar-refractivity contribution in [3.8, 4) is 23.2 Å². The maximum Gasteiger partial charge on any atom is 0.223 e. The minimum absolute atomic E-state index is 0.0152. The van der Waals surface area contributed by atoms with Gasteiger partial charge in [-0.05, 0) is 37.5 Å². The summed E-state index contributed by atoms with van der Waals surface area (Å²) in [6, 6.07) is 8.10. The van der Waals surface area contributed by atoms with Gasteiger partial charge < -0.3 is 14.5 Å². The number of aromatic amines is 1. The van der Waals surface area contributed by atoms with E-state index in [4.69, 9.17) is 14.7 Å². The number of H-pyrrole nitrogens is 1. The van der Waals surface area contributed by atoms with E-state index in [0.29, 0.717) is 32.1 Å². The zero-order chi connectivity index (χ0) is 28.9. The van der Waals surface area contributed by atoms with Crippen molar-refractivity contribution in [3.63, 3.8) is 0 Å². The Labute approximate surface area is 249 Å². The van der Waals surface area contributed by atoms with Crippen LogP contribution in [0.1, 0.15) is 43.9 Å². The van der Waals surface area contributed by atoms with E-state index in [1.807, 2.05) is 42.3 Å². The minimum atomic E-state index is 0.0152. The number of carbonyl (C=O) groups is 2. The van der Waals surface area contributed by atoms with Gasteiger partial charge in [0.05, 0.1) is 40.0 Å². The summed E-state index contributed by atoms with van der Waals surface area (Å²) >= 11 is 1.63. The van der Waals surface area contributed by atoms with Gasteiger partial charge in [0, 0.05) is 55.9 Å². The largest absolute Gasteiger partial charge is 0.378 e. The maximum atomic E-state index is 12.6. The second kappa shape index (κ2) is 12.8. The van der Waals surface area contributed by atoms with E-state index in [1.165, 1.54) is 0 Å². The standard InChI is InChI=1S/C32H34N6O3S/c1-2-3-5-23(39)9-11-29(40)37-14-12-22(13-15-37)8-10-24-20-28-30(42-24)32(38-16-18-41-19-17-38)35-31(34-28)25-6-4-7-27-26(25)21-33-36-27/h3-7,20-22H,2,9,11-19H2,1H3,(H,33,36)/b5-3+. The van der Waals surface area contributed by atoms with Gasteiger partial charge in [0.2, 0.25) is 5.91 Å². The highest BCUT2D eigenvalue weighted by Gasteiger charge is 2.23. The molecule has 2 fully saturated rings. The van der Waals surface area contributed by atoms with Gasteiger partial charge in [-0.1, -0.05) is 37.0 Å². The number of hydrogen-bond acceptors (Lipinski definition) is 8. The molecule has 9 nitrogen and oxygen atoms in total. The fourth-order valence-electron chi connectivity index (χ4n) is 5.42. The van der Waals surface area contributed by atoms with Crippen molar-refractivity contribution in [1.29, 1.82) is 0 Å². The Bertz CT molecular complexity index is 1680. The first kappa shape index (κ1) is 28.1. The number of likely N-dealkylation sites (tertiary alicyclic amines) is 1. The van der Waals surface area contributed by atoms with Crippen LogP contribution in [-0.2, 0) is 14.3 Å². The van der Waals surface area contributed by atoms with Crippen LogP contribution in [0.2, 0.25) is 0 Å². The first-order chi connectivity index (χ1) is 20.6. The number of benzene rings is 1. The molecule has 2 aliphatic rings. The number of thiophene rings is 1. The summed E-state index contributed by atoms with van der Waals surface area (Å²) in [6.45, 7) is 6.24. The number of nitrogens with one attached hydrogen (secondary N) is 1. The first-order valence-electron chi connectivity index (χ1n) is 14.6. The maximum absolute atomic E-state index is 12.6. The summed E-state index contributed by atoms with van der Waals surface area (Å²) < 4.78 is 6.64. The molecule has 6 rings (SSSR count). The van der Waals surface area contributed by atoms with Crippen molar-refractivity contribution in [3.05, 3.63) is 47.5 Å². The number of anilines is 1. The number of carbonyl (C=O) groups excluding carboxylic acids is 2. The van der Waals surface area contributed by atoms with Crippen LogP contribution in [0.15, 0.2) is 42.6 Å². The van der Waals surface area contributed by atoms with Gasteiger partial charge >= 0.3 is 0 Å². The molecule has 1 aromatic carbocycles. The Balaban J connectivity index is 1.19. The number of amides is 1. The number of aromatic nitrogens is 4. The molecular formula is C32H34N6O3S. The minimum Gasteiger partial charge on any atom is -0.378 e. The van der Waals surface area contributed by atoms with E-state index in [9.17, 15) is 9.59 Å². The first-order valence-corrected chi connectivity index (χ1v) is 15.5. The summed E-state index contributed by atoms with van der Waals surface area (Å²) in [6.07, 6.45) is 8.28. The number of hydrogen-bond donors (Lipinski definition) is 1. The van der Waals surface area contributed by atoms with E-state index in [2.05, 4.69) is 33.0 Å². The lowest BCUT2D eigenvalue weighted by molar-refractivity contribution is -0.133. The Hall–Kier alpha value is -4.07. The fraction of sp³-hybridized carbons (Fsp3) is 0.406. The van der Waals surface area contributed by atoms with E-state index in [0.717, 1.165) is 69.7 Å². The molecule has 5 heterocycles. The van der Waals surface area contributed by atoms with Crippen molar-refractivity contribution < 1.29 is 14.3 Å². The molecule has 42 heavy (non-hydrogen) atoms. The predicted molar refractivity (Wildman–Crippen MR) is 165 cm³/mol. The zero-order valence-corrected chi connectivity index (χ0v) is 24.6. The number of nitrogens with zero attached hydrogens (tertiary/aromatic N) is 5. The summed E-state index contributed by atoms with van der Waals surface area (Å²) in [4.78, 5) is 39.6. The average molecular weight is 583 g/mol. The summed E-state index contributed by atoms with van der Waals surface area (Å²) in [7, 11) is 0. The monoisotopic (exact) mass is 582 g/mol. The second-order valence-corrected chi connectivity index (χ2v) is 11.7. The normalized spacial score (nSPS) is 16.3. The van der Waals surface area contributed by atoms with Crippen LogP contribution in [-0.4, -0.2) is 76.1 Å². The molecule has 0 aliphatic carbocycles. The molecule has 0 radical (unpaired) electrons. The fourth-order valence-corrected chi connectivity index (χ4v) is 6.39. The molecule has 3 aromatic heterocycles. The van der Waals surface area contributed by atoms with Crippen molar-refractivity contribution in [2.24, 2.45) is 5.92 Å². The lowest BCUT2D eigenvalue weighted by Crippen LogP contribution is -2.38. The van der Waals surface area contributed by atoms with Gasteiger partial charge in [-0.2, -0.15) is 5.10 Å². The van der Waals surface area contributed by atoms with E-state index in [-0.39, 0.29) is 30.4 Å². The highest BCUT2D eigenvalue weighted by Crippen LogP contribution is 2.35. The molecule has 0 saturated carbocycles. The number of piperidine rings is 1. The van der Waals surface area contributed by atoms with Crippen LogP contribution >= 0.6 is 11.3 Å². The molecule has 0 unspecified atom stereocenters. The molecule has 2 saturated heterocycles. The van der Waals surface area contributed by atoms with Crippen LogP contribution in [0.4, 0.5) is 5.82 Å². The van der Waals surface area contributed by atoms with Crippen LogP contribution in [0, 0.1) is 17.8 Å². The van der Waals surface area contributed by atoms with E-state index in [1.54, 1.807) is 17.4 Å². The number of allylic oxidation sites excluding steroid dienone is 2. The van der Waals surface area contributed by atoms with Gasteiger partial charge in [0.25, 0.3) is 0 Å². The van der Waals surface area contributed by atoms with Crippen LogP contribution in [0.3, 0.4) is 0 Å². The van der Waals surface area contributed by atoms with E-state index >= 15 is 0 Å². The number of fused-ring (bicyclic) bond motifs is 2. The molecule has 4 aromatic rings. The number of ketones is 1. The molecule has 2 aliphatic heterocycles. The van der Waals surface area contributed by atoms with Crippen molar-refractivity contribution in [1.82, 2.24) is 25.1 Å². The molecular weight excluding hydrogens is 548 g/mol. The van der Waals surface area contributed by atoms with Crippen LogP contribution in [0.5, 0.6) is 0 Å². The third-order valence-electron chi connectivity index (χ3n) is 7.76. The molecule has 1 amide bonds. The average Bonchev–Trinajstić information content (AvgIpc) is 3.69. The van der Waals surface area contributed by atoms with Gasteiger partial charge in [-0.15, -0.1) is 11.3 Å². The smallest absolute Gasteiger partial charge is 0.223 e. The SMILES string of the molecule is CC/C=C/C(=O)CCC(=O)N1CCC(C#Cc2cc3nc(-c4cccc5[nH]ncc45)nc(N4CCOCC4)c3s2)CC1. The van der Waals surface area contributed by atoms with Gasteiger partial charge in [0.15, 0.2) is 17.4 Å². The Morgan fingerprint density at radius 2 is 1.98 bits per heavy atom. The molecule has 0 bridgehead atoms. The molecule has 1 N–H and O–H groups in total. The predicted octanol–water partition coefficient (Wildman–Crippen LogP) is 4.98. The lowest BCUT2D eigenvalue weighted by Gasteiger charge is -2.29. The van der Waals surface area contributed by atoms with Crippen LogP contribution < -0.4 is 4.90 Å². The second-order valence-electron chi connectivity index (χ2n) is 10.6. The Kier molecular flexibility index (Phi) is 8.58. The van der Waals surface area contributed by atoms with Crippen LogP contribution in [0.25, 0.3) is 32.5 Å². The third kappa shape index (κ3) is 6.22. The van der Waals surface area contributed by atoms with Gasteiger partial charge in [0.1, 0.15) is 0 Å². The topological polar surface area (TPSA) is 104 Å². The number of rotatable bonds is 7. The van der Waals surface area contributed by atoms with Gasteiger partial charge in [-0.3, -0.25) is 14.7 Å². The number of morpholine rings is 1. The molecule has 10 heteroatoms. The Morgan fingerprint density at radius 1 is 1.14 bits per heavy atom. The quantitative estimate of drug-likeness (QED) is 0.242. The van der Waals surface area contributed by atoms with Gasteiger partial charge in [-0.25, -0.2) is 9.97 Å². The zero-order valence-electron chi connectivity index (χ0n) is 23.8. The lowest BCUT2D eigenvalue weighted by atomic mass is 9.97. The summed E-state index contributed by atoms with van der Waals surface area (Å²) in [5.74, 6) is 8.77. The molecule has 216 valence electrons. The highest BCUT2D eigenvalue weighted by atomic mass is 32.1. The van der Waals surface area contributed by atoms with E-state index < -0.39 is 0 Å². The summed E-state index contributed by atoms with van der Waals surface area (Å²) in [5.41, 5.74) is 2.78.